The standard InChI is InChI=1S/C14H13F2NO/c1-17-9-10-5-6-14(13(16)7-10)18-12-4-2-3-11(15)8-12/h2-8,17H,9H2,1H3. The van der Waals surface area contributed by atoms with Gasteiger partial charge in [0.05, 0.1) is 0 Å². The molecule has 0 saturated carbocycles. The Labute approximate surface area is 104 Å². The van der Waals surface area contributed by atoms with Crippen LogP contribution in [0, 0.1) is 11.6 Å². The molecule has 2 rings (SSSR count). The highest BCUT2D eigenvalue weighted by atomic mass is 19.1. The fourth-order valence-corrected chi connectivity index (χ4v) is 1.60. The minimum atomic E-state index is -0.466. The van der Waals surface area contributed by atoms with Crippen LogP contribution in [-0.2, 0) is 6.54 Å². The highest BCUT2D eigenvalue weighted by Crippen LogP contribution is 2.25. The summed E-state index contributed by atoms with van der Waals surface area (Å²) in [5.41, 5.74) is 0.821. The average molecular weight is 249 g/mol. The van der Waals surface area contributed by atoms with Gasteiger partial charge < -0.3 is 10.1 Å². The molecule has 2 aromatic rings. The van der Waals surface area contributed by atoms with Crippen LogP contribution in [-0.4, -0.2) is 7.05 Å². The Balaban J connectivity index is 2.19. The van der Waals surface area contributed by atoms with Gasteiger partial charge in [-0.3, -0.25) is 0 Å². The Morgan fingerprint density at radius 1 is 1.11 bits per heavy atom. The summed E-state index contributed by atoms with van der Waals surface area (Å²) in [4.78, 5) is 0. The molecular formula is C14H13F2NO. The molecule has 0 bridgehead atoms. The molecule has 0 spiro atoms. The molecule has 0 aliphatic rings. The van der Waals surface area contributed by atoms with E-state index in [2.05, 4.69) is 5.32 Å². The highest BCUT2D eigenvalue weighted by molar-refractivity contribution is 5.34. The van der Waals surface area contributed by atoms with Crippen molar-refractivity contribution in [2.75, 3.05) is 7.05 Å². The molecule has 0 aliphatic heterocycles. The van der Waals surface area contributed by atoms with Crippen molar-refractivity contribution in [1.82, 2.24) is 5.32 Å². The maximum absolute atomic E-state index is 13.7. The van der Waals surface area contributed by atoms with Crippen LogP contribution in [0.3, 0.4) is 0 Å². The molecule has 0 heterocycles. The second kappa shape index (κ2) is 5.60. The van der Waals surface area contributed by atoms with Crippen LogP contribution in [0.5, 0.6) is 11.5 Å². The normalized spacial score (nSPS) is 10.4. The van der Waals surface area contributed by atoms with E-state index < -0.39 is 11.6 Å². The molecule has 0 saturated heterocycles. The topological polar surface area (TPSA) is 21.3 Å². The molecule has 1 N–H and O–H groups in total. The van der Waals surface area contributed by atoms with E-state index in [4.69, 9.17) is 4.74 Å². The van der Waals surface area contributed by atoms with Gasteiger partial charge in [-0.05, 0) is 36.9 Å². The van der Waals surface area contributed by atoms with Gasteiger partial charge in [0, 0.05) is 12.6 Å². The summed E-state index contributed by atoms with van der Waals surface area (Å²) < 4.78 is 32.0. The van der Waals surface area contributed by atoms with Crippen LogP contribution in [0.1, 0.15) is 5.56 Å². The average Bonchev–Trinajstić information content (AvgIpc) is 2.33. The molecule has 94 valence electrons. The summed E-state index contributed by atoms with van der Waals surface area (Å²) in [5.74, 6) is -0.526. The quantitative estimate of drug-likeness (QED) is 0.895. The van der Waals surface area contributed by atoms with Crippen LogP contribution >= 0.6 is 0 Å². The summed E-state index contributed by atoms with van der Waals surface area (Å²) >= 11 is 0. The molecule has 0 aromatic heterocycles. The Morgan fingerprint density at radius 2 is 1.94 bits per heavy atom. The van der Waals surface area contributed by atoms with Gasteiger partial charge in [-0.15, -0.1) is 0 Å². The first kappa shape index (κ1) is 12.5. The molecule has 0 aliphatic carbocycles. The van der Waals surface area contributed by atoms with Crippen LogP contribution in [0.15, 0.2) is 42.5 Å². The van der Waals surface area contributed by atoms with Crippen molar-refractivity contribution in [2.45, 2.75) is 6.54 Å². The largest absolute Gasteiger partial charge is 0.454 e. The Kier molecular flexibility index (Phi) is 3.89. The minimum Gasteiger partial charge on any atom is -0.454 e. The fraction of sp³-hybridized carbons (Fsp3) is 0.143. The third-order valence-corrected chi connectivity index (χ3v) is 2.40. The number of rotatable bonds is 4. The lowest BCUT2D eigenvalue weighted by Crippen LogP contribution is -2.05. The van der Waals surface area contributed by atoms with Crippen molar-refractivity contribution < 1.29 is 13.5 Å². The van der Waals surface area contributed by atoms with Crippen LogP contribution < -0.4 is 10.1 Å². The Hall–Kier alpha value is -1.94. The molecule has 18 heavy (non-hydrogen) atoms. The van der Waals surface area contributed by atoms with E-state index in [0.29, 0.717) is 6.54 Å². The third-order valence-electron chi connectivity index (χ3n) is 2.40. The number of nitrogens with one attached hydrogen (secondary N) is 1. The molecule has 2 nitrogen and oxygen atoms in total. The van der Waals surface area contributed by atoms with Crippen molar-refractivity contribution in [2.24, 2.45) is 0 Å². The van der Waals surface area contributed by atoms with E-state index in [1.54, 1.807) is 19.2 Å². The minimum absolute atomic E-state index is 0.0838. The van der Waals surface area contributed by atoms with Crippen molar-refractivity contribution in [3.8, 4) is 11.5 Å². The third kappa shape index (κ3) is 3.05. The van der Waals surface area contributed by atoms with Crippen LogP contribution in [0.4, 0.5) is 8.78 Å². The SMILES string of the molecule is CNCc1ccc(Oc2cccc(F)c2)c(F)c1. The highest BCUT2D eigenvalue weighted by Gasteiger charge is 2.06. The van der Waals surface area contributed by atoms with Gasteiger partial charge in [0.2, 0.25) is 0 Å². The molecule has 0 amide bonds. The molecule has 2 aromatic carbocycles. The van der Waals surface area contributed by atoms with E-state index in [-0.39, 0.29) is 11.5 Å². The van der Waals surface area contributed by atoms with Gasteiger partial charge in [-0.25, -0.2) is 8.78 Å². The number of ether oxygens (including phenoxy) is 1. The van der Waals surface area contributed by atoms with E-state index in [1.165, 1.54) is 30.3 Å². The van der Waals surface area contributed by atoms with Gasteiger partial charge in [0.15, 0.2) is 11.6 Å². The second-order valence-corrected chi connectivity index (χ2v) is 3.85. The number of hydrogen-bond donors (Lipinski definition) is 1. The molecular weight excluding hydrogens is 236 g/mol. The predicted octanol–water partition coefficient (Wildman–Crippen LogP) is 3.48. The summed E-state index contributed by atoms with van der Waals surface area (Å²) in [6, 6.07) is 10.3. The first-order valence-electron chi connectivity index (χ1n) is 5.55. The van der Waals surface area contributed by atoms with Crippen molar-refractivity contribution in [3.63, 3.8) is 0 Å². The fourth-order valence-electron chi connectivity index (χ4n) is 1.60. The maximum Gasteiger partial charge on any atom is 0.166 e. The number of hydrogen-bond acceptors (Lipinski definition) is 2. The number of halogens is 2. The summed E-state index contributed by atoms with van der Waals surface area (Å²) in [7, 11) is 1.79. The van der Waals surface area contributed by atoms with E-state index in [9.17, 15) is 8.78 Å². The summed E-state index contributed by atoms with van der Waals surface area (Å²) in [6.45, 7) is 0.581. The first-order chi connectivity index (χ1) is 8.69. The van der Waals surface area contributed by atoms with Crippen molar-refractivity contribution in [1.29, 1.82) is 0 Å². The first-order valence-corrected chi connectivity index (χ1v) is 5.55. The van der Waals surface area contributed by atoms with Crippen molar-refractivity contribution in [3.05, 3.63) is 59.7 Å². The second-order valence-electron chi connectivity index (χ2n) is 3.85. The summed E-state index contributed by atoms with van der Waals surface area (Å²) in [6.07, 6.45) is 0. The zero-order valence-electron chi connectivity index (χ0n) is 9.91. The molecule has 0 radical (unpaired) electrons. The monoisotopic (exact) mass is 249 g/mol. The van der Waals surface area contributed by atoms with Gasteiger partial charge in [0.25, 0.3) is 0 Å². The van der Waals surface area contributed by atoms with Gasteiger partial charge in [-0.2, -0.15) is 0 Å². The van der Waals surface area contributed by atoms with Crippen LogP contribution in [0.25, 0.3) is 0 Å². The Bertz CT molecular complexity index is 543. The lowest BCUT2D eigenvalue weighted by molar-refractivity contribution is 0.438. The van der Waals surface area contributed by atoms with E-state index in [0.717, 1.165) is 5.56 Å². The lowest BCUT2D eigenvalue weighted by atomic mass is 10.2. The summed E-state index contributed by atoms with van der Waals surface area (Å²) in [5, 5.41) is 2.93. The lowest BCUT2D eigenvalue weighted by Gasteiger charge is -2.08. The predicted molar refractivity (Wildman–Crippen MR) is 65.6 cm³/mol. The Morgan fingerprint density at radius 3 is 2.61 bits per heavy atom. The van der Waals surface area contributed by atoms with Crippen molar-refractivity contribution >= 4 is 0 Å². The van der Waals surface area contributed by atoms with Crippen LogP contribution in [0.2, 0.25) is 0 Å². The van der Waals surface area contributed by atoms with Gasteiger partial charge >= 0.3 is 0 Å². The molecule has 0 fully saturated rings. The van der Waals surface area contributed by atoms with Gasteiger partial charge in [-0.1, -0.05) is 12.1 Å². The number of benzene rings is 2. The smallest absolute Gasteiger partial charge is 0.166 e. The zero-order valence-corrected chi connectivity index (χ0v) is 9.91. The van der Waals surface area contributed by atoms with E-state index in [1.807, 2.05) is 0 Å². The maximum atomic E-state index is 13.7. The molecule has 0 unspecified atom stereocenters. The van der Waals surface area contributed by atoms with Gasteiger partial charge in [0.1, 0.15) is 11.6 Å². The van der Waals surface area contributed by atoms with E-state index >= 15 is 0 Å². The zero-order chi connectivity index (χ0) is 13.0. The molecule has 0 atom stereocenters. The molecule has 4 heteroatoms.